The van der Waals surface area contributed by atoms with Crippen LogP contribution in [0.4, 0.5) is 11.4 Å². The van der Waals surface area contributed by atoms with Crippen molar-refractivity contribution in [3.05, 3.63) is 86.2 Å². The van der Waals surface area contributed by atoms with E-state index in [-0.39, 0.29) is 16.7 Å². The van der Waals surface area contributed by atoms with E-state index in [0.29, 0.717) is 5.76 Å². The molecule has 27 heavy (non-hydrogen) atoms. The molecule has 3 rings (SSSR count). The van der Waals surface area contributed by atoms with Gasteiger partial charge in [0.05, 0.1) is 38.5 Å². The molecule has 0 N–H and O–H groups in total. The number of rotatable bonds is 6. The average Bonchev–Trinajstić information content (AvgIpc) is 3.01. The van der Waals surface area contributed by atoms with Crippen LogP contribution in [-0.2, 0) is 15.6 Å². The molecule has 2 aromatic carbocycles. The SMILES string of the molecule is CN1OC(CS(=O)c2ccc([N+](=O)[O-])cc2[N+](=O)[O-])=CC1c1ccccc1. The van der Waals surface area contributed by atoms with Gasteiger partial charge in [0.1, 0.15) is 10.7 Å². The van der Waals surface area contributed by atoms with E-state index in [9.17, 15) is 24.4 Å². The Bertz CT molecular complexity index is 947. The van der Waals surface area contributed by atoms with Gasteiger partial charge in [-0.3, -0.25) is 24.4 Å². The Hall–Kier alpha value is -3.11. The Labute approximate surface area is 156 Å². The van der Waals surface area contributed by atoms with Gasteiger partial charge in [0, 0.05) is 13.1 Å². The summed E-state index contributed by atoms with van der Waals surface area (Å²) in [6.45, 7) is 0. The Morgan fingerprint density at radius 3 is 2.44 bits per heavy atom. The topological polar surface area (TPSA) is 116 Å². The molecule has 10 heteroatoms. The molecule has 0 aliphatic carbocycles. The van der Waals surface area contributed by atoms with Crippen LogP contribution in [0.25, 0.3) is 0 Å². The highest BCUT2D eigenvalue weighted by Crippen LogP contribution is 2.32. The van der Waals surface area contributed by atoms with Gasteiger partial charge in [-0.05, 0) is 17.7 Å². The molecule has 140 valence electrons. The summed E-state index contributed by atoms with van der Waals surface area (Å²) >= 11 is 0. The first-order valence-electron chi connectivity index (χ1n) is 7.84. The monoisotopic (exact) mass is 389 g/mol. The number of hydrogen-bond acceptors (Lipinski definition) is 7. The summed E-state index contributed by atoms with van der Waals surface area (Å²) in [5, 5.41) is 23.6. The van der Waals surface area contributed by atoms with E-state index in [0.717, 1.165) is 23.8 Å². The fraction of sp³-hybridized carbons (Fsp3) is 0.176. The van der Waals surface area contributed by atoms with Gasteiger partial charge < -0.3 is 4.84 Å². The van der Waals surface area contributed by atoms with Gasteiger partial charge in [-0.25, -0.2) is 0 Å². The number of benzene rings is 2. The number of hydroxylamine groups is 2. The number of hydrogen-bond donors (Lipinski definition) is 0. The molecule has 2 atom stereocenters. The lowest BCUT2D eigenvalue weighted by Gasteiger charge is -2.18. The third-order valence-electron chi connectivity index (χ3n) is 4.01. The number of nitrogens with zero attached hydrogens (tertiary/aromatic N) is 3. The van der Waals surface area contributed by atoms with Crippen LogP contribution in [0.3, 0.4) is 0 Å². The second-order valence-electron chi connectivity index (χ2n) is 5.78. The Morgan fingerprint density at radius 1 is 1.11 bits per heavy atom. The summed E-state index contributed by atoms with van der Waals surface area (Å²) in [4.78, 5) is 26.1. The lowest BCUT2D eigenvalue weighted by atomic mass is 10.1. The Kier molecular flexibility index (Phi) is 5.28. The number of likely N-dealkylation sites (N-methyl/N-ethyl adjacent to an activating group) is 1. The van der Waals surface area contributed by atoms with Crippen molar-refractivity contribution in [2.24, 2.45) is 0 Å². The van der Waals surface area contributed by atoms with Crippen LogP contribution in [0.1, 0.15) is 11.6 Å². The third-order valence-corrected chi connectivity index (χ3v) is 5.39. The summed E-state index contributed by atoms with van der Waals surface area (Å²) in [7, 11) is -0.0628. The number of nitro benzene ring substituents is 2. The van der Waals surface area contributed by atoms with Gasteiger partial charge in [-0.15, -0.1) is 5.06 Å². The van der Waals surface area contributed by atoms with E-state index in [1.165, 1.54) is 0 Å². The number of non-ortho nitro benzene ring substituents is 1. The van der Waals surface area contributed by atoms with Crippen LogP contribution in [0.2, 0.25) is 0 Å². The molecule has 0 aromatic heterocycles. The van der Waals surface area contributed by atoms with Gasteiger partial charge in [-0.1, -0.05) is 30.3 Å². The van der Waals surface area contributed by atoms with Crippen LogP contribution in [0, 0.1) is 20.2 Å². The van der Waals surface area contributed by atoms with Crippen LogP contribution in [0.5, 0.6) is 0 Å². The van der Waals surface area contributed by atoms with Crippen molar-refractivity contribution in [3.8, 4) is 0 Å². The predicted molar refractivity (Wildman–Crippen MR) is 97.1 cm³/mol. The van der Waals surface area contributed by atoms with Crippen molar-refractivity contribution in [3.63, 3.8) is 0 Å². The smallest absolute Gasteiger partial charge is 0.292 e. The highest BCUT2D eigenvalue weighted by atomic mass is 32.2. The largest absolute Gasteiger partial charge is 0.409 e. The molecule has 9 nitrogen and oxygen atoms in total. The van der Waals surface area contributed by atoms with E-state index in [1.54, 1.807) is 18.2 Å². The maximum atomic E-state index is 12.7. The van der Waals surface area contributed by atoms with Crippen LogP contribution in [-0.4, -0.2) is 31.9 Å². The molecule has 0 fully saturated rings. The second kappa shape index (κ2) is 7.64. The molecule has 0 saturated carbocycles. The molecule has 0 radical (unpaired) electrons. The minimum absolute atomic E-state index is 0.0771. The van der Waals surface area contributed by atoms with E-state index >= 15 is 0 Å². The number of nitro groups is 2. The van der Waals surface area contributed by atoms with Gasteiger partial charge in [0.25, 0.3) is 11.4 Å². The zero-order valence-corrected chi connectivity index (χ0v) is 15.0. The molecule has 1 aliphatic rings. The minimum atomic E-state index is -1.80. The van der Waals surface area contributed by atoms with Gasteiger partial charge in [0.2, 0.25) is 0 Å². The van der Waals surface area contributed by atoms with Gasteiger partial charge in [0.15, 0.2) is 0 Å². The molecule has 1 aliphatic heterocycles. The molecule has 0 spiro atoms. The highest BCUT2D eigenvalue weighted by molar-refractivity contribution is 7.85. The van der Waals surface area contributed by atoms with E-state index in [2.05, 4.69) is 0 Å². The third kappa shape index (κ3) is 4.01. The lowest BCUT2D eigenvalue weighted by molar-refractivity contribution is -0.396. The van der Waals surface area contributed by atoms with E-state index in [4.69, 9.17) is 4.84 Å². The van der Waals surface area contributed by atoms with Crippen molar-refractivity contribution >= 4 is 22.2 Å². The normalized spacial score (nSPS) is 17.8. The van der Waals surface area contributed by atoms with E-state index in [1.807, 2.05) is 30.3 Å². The van der Waals surface area contributed by atoms with Crippen molar-refractivity contribution in [1.82, 2.24) is 5.06 Å². The molecule has 2 unspecified atom stereocenters. The lowest BCUT2D eigenvalue weighted by Crippen LogP contribution is -2.17. The first-order valence-corrected chi connectivity index (χ1v) is 9.16. The van der Waals surface area contributed by atoms with Crippen molar-refractivity contribution in [2.75, 3.05) is 12.8 Å². The molecular weight excluding hydrogens is 374 g/mol. The zero-order valence-electron chi connectivity index (χ0n) is 14.2. The maximum absolute atomic E-state index is 12.7. The fourth-order valence-corrected chi connectivity index (χ4v) is 3.89. The van der Waals surface area contributed by atoms with E-state index < -0.39 is 32.0 Å². The quantitative estimate of drug-likeness (QED) is 0.550. The zero-order chi connectivity index (χ0) is 19.6. The maximum Gasteiger partial charge on any atom is 0.292 e. The Morgan fingerprint density at radius 2 is 1.81 bits per heavy atom. The summed E-state index contributed by atoms with van der Waals surface area (Å²) in [6.07, 6.45) is 1.80. The fourth-order valence-electron chi connectivity index (χ4n) is 2.75. The van der Waals surface area contributed by atoms with Gasteiger partial charge in [-0.2, -0.15) is 0 Å². The van der Waals surface area contributed by atoms with Crippen molar-refractivity contribution in [1.29, 1.82) is 0 Å². The minimum Gasteiger partial charge on any atom is -0.409 e. The molecule has 0 saturated heterocycles. The van der Waals surface area contributed by atoms with Crippen LogP contribution >= 0.6 is 0 Å². The summed E-state index contributed by atoms with van der Waals surface area (Å²) < 4.78 is 12.7. The first-order chi connectivity index (χ1) is 12.9. The molecule has 2 aromatic rings. The standard InChI is InChI=1S/C17H15N3O6S/c1-18-15(12-5-3-2-4-6-12)10-14(26-18)11-27(25)17-8-7-13(19(21)22)9-16(17)20(23)24/h2-10,15H,11H2,1H3. The van der Waals surface area contributed by atoms with Gasteiger partial charge >= 0.3 is 0 Å². The van der Waals surface area contributed by atoms with Crippen LogP contribution < -0.4 is 0 Å². The summed E-state index contributed by atoms with van der Waals surface area (Å²) in [5.74, 6) is 0.337. The molecule has 0 amide bonds. The summed E-state index contributed by atoms with van der Waals surface area (Å²) in [5.41, 5.74) is 0.0128. The van der Waals surface area contributed by atoms with Crippen molar-refractivity contribution in [2.45, 2.75) is 10.9 Å². The molecule has 1 heterocycles. The molecular formula is C17H15N3O6S. The summed E-state index contributed by atoms with van der Waals surface area (Å²) in [6, 6.07) is 12.5. The van der Waals surface area contributed by atoms with Crippen LogP contribution in [0.15, 0.2) is 65.3 Å². The Balaban J connectivity index is 1.84. The second-order valence-corrected chi connectivity index (χ2v) is 7.20. The average molecular weight is 389 g/mol. The predicted octanol–water partition coefficient (Wildman–Crippen LogP) is 3.11. The van der Waals surface area contributed by atoms with Crippen molar-refractivity contribution < 1.29 is 18.9 Å². The highest BCUT2D eigenvalue weighted by Gasteiger charge is 2.29. The molecule has 0 bridgehead atoms. The first kappa shape index (κ1) is 18.7.